The summed E-state index contributed by atoms with van der Waals surface area (Å²) in [6, 6.07) is 25.8. The van der Waals surface area contributed by atoms with Gasteiger partial charge in [-0.1, -0.05) is 54.6 Å². The van der Waals surface area contributed by atoms with E-state index in [1.54, 1.807) is 11.0 Å². The third-order valence-corrected chi connectivity index (χ3v) is 7.34. The number of carbonyl (C=O) groups is 1. The molecule has 4 aromatic rings. The van der Waals surface area contributed by atoms with Gasteiger partial charge >= 0.3 is 5.69 Å². The molecule has 1 aliphatic rings. The van der Waals surface area contributed by atoms with Crippen LogP contribution in [0.3, 0.4) is 0 Å². The van der Waals surface area contributed by atoms with Crippen LogP contribution >= 0.6 is 0 Å². The number of ether oxygens (including phenoxy) is 1. The zero-order valence-electron chi connectivity index (χ0n) is 23.7. The van der Waals surface area contributed by atoms with Crippen LogP contribution in [0.25, 0.3) is 11.4 Å². The van der Waals surface area contributed by atoms with Gasteiger partial charge in [-0.15, -0.1) is 0 Å². The first-order valence-corrected chi connectivity index (χ1v) is 14.1. The molecule has 8 nitrogen and oxygen atoms in total. The van der Waals surface area contributed by atoms with Crippen molar-refractivity contribution < 1.29 is 9.53 Å². The summed E-state index contributed by atoms with van der Waals surface area (Å²) in [6.07, 6.45) is 0.838. The summed E-state index contributed by atoms with van der Waals surface area (Å²) in [7, 11) is 0. The maximum atomic E-state index is 14.2. The minimum atomic E-state index is -0.519. The molecule has 0 aliphatic carbocycles. The number of anilines is 1. The lowest BCUT2D eigenvalue weighted by atomic mass is 10.1. The standard InChI is InChI=1S/C33H36N4O4/c1-25-9-6-13-28(21-25)36-30(24-32(39)37(33(36)40)29-14-7-10-26(2)22-29)35(16-8-15-34-17-19-41-20-18-34)31(38)23-27-11-4-3-5-12-27/h3-7,9-14,21-22,24H,8,15-20,23H2,1-2H3. The van der Waals surface area contributed by atoms with Crippen molar-refractivity contribution in [3.8, 4) is 11.4 Å². The van der Waals surface area contributed by atoms with Crippen molar-refractivity contribution in [3.05, 3.63) is 122 Å². The van der Waals surface area contributed by atoms with E-state index in [0.717, 1.165) is 36.3 Å². The number of aryl methyl sites for hydroxylation is 2. The molecule has 5 rings (SSSR count). The molecule has 1 aromatic heterocycles. The molecule has 0 unspecified atom stereocenters. The average molecular weight is 553 g/mol. The average Bonchev–Trinajstić information content (AvgIpc) is 2.96. The number of aromatic nitrogens is 2. The van der Waals surface area contributed by atoms with Crippen LogP contribution < -0.4 is 16.1 Å². The van der Waals surface area contributed by atoms with Crippen molar-refractivity contribution in [1.29, 1.82) is 0 Å². The second-order valence-corrected chi connectivity index (χ2v) is 10.5. The molecule has 212 valence electrons. The van der Waals surface area contributed by atoms with Gasteiger partial charge in [0.1, 0.15) is 5.82 Å². The molecule has 1 amide bonds. The smallest absolute Gasteiger partial charge is 0.341 e. The highest BCUT2D eigenvalue weighted by atomic mass is 16.5. The van der Waals surface area contributed by atoms with Crippen molar-refractivity contribution in [2.75, 3.05) is 44.3 Å². The fourth-order valence-electron chi connectivity index (χ4n) is 5.26. The van der Waals surface area contributed by atoms with Gasteiger partial charge in [-0.2, -0.15) is 0 Å². The normalized spacial score (nSPS) is 13.7. The minimum Gasteiger partial charge on any atom is -0.379 e. The number of hydrogen-bond donors (Lipinski definition) is 0. The molecule has 1 aliphatic heterocycles. The first-order chi connectivity index (χ1) is 19.9. The molecule has 0 saturated carbocycles. The van der Waals surface area contributed by atoms with E-state index in [2.05, 4.69) is 4.90 Å². The molecule has 0 bridgehead atoms. The van der Waals surface area contributed by atoms with Gasteiger partial charge in [0.25, 0.3) is 5.56 Å². The number of hydrogen-bond acceptors (Lipinski definition) is 5. The second kappa shape index (κ2) is 12.9. The molecular weight excluding hydrogens is 516 g/mol. The summed E-state index contributed by atoms with van der Waals surface area (Å²) in [4.78, 5) is 45.7. The van der Waals surface area contributed by atoms with Crippen molar-refractivity contribution in [2.24, 2.45) is 0 Å². The van der Waals surface area contributed by atoms with E-state index >= 15 is 0 Å². The molecule has 1 saturated heterocycles. The van der Waals surface area contributed by atoms with E-state index < -0.39 is 11.2 Å². The number of carbonyl (C=O) groups excluding carboxylic acids is 1. The molecule has 1 fully saturated rings. The second-order valence-electron chi connectivity index (χ2n) is 10.5. The van der Waals surface area contributed by atoms with Crippen molar-refractivity contribution >= 4 is 11.7 Å². The maximum absolute atomic E-state index is 14.2. The Kier molecular flexibility index (Phi) is 8.91. The van der Waals surface area contributed by atoms with E-state index in [0.29, 0.717) is 37.6 Å². The van der Waals surface area contributed by atoms with Crippen LogP contribution in [0.2, 0.25) is 0 Å². The van der Waals surface area contributed by atoms with Crippen LogP contribution in [-0.2, 0) is 16.0 Å². The minimum absolute atomic E-state index is 0.154. The highest BCUT2D eigenvalue weighted by Gasteiger charge is 2.24. The molecule has 0 atom stereocenters. The Morgan fingerprint density at radius 3 is 2.07 bits per heavy atom. The SMILES string of the molecule is Cc1cccc(-n2c(N(CCCN3CCOCC3)C(=O)Cc3ccccc3)cc(=O)n(-c3cccc(C)c3)c2=O)c1. The van der Waals surface area contributed by atoms with E-state index in [9.17, 15) is 14.4 Å². The predicted molar refractivity (Wildman–Crippen MR) is 161 cm³/mol. The lowest BCUT2D eigenvalue weighted by Crippen LogP contribution is -2.44. The zero-order chi connectivity index (χ0) is 28.8. The van der Waals surface area contributed by atoms with Gasteiger partial charge in [0.05, 0.1) is 31.0 Å². The third-order valence-electron chi connectivity index (χ3n) is 7.34. The molecular formula is C33H36N4O4. The van der Waals surface area contributed by atoms with Crippen LogP contribution in [0.15, 0.2) is 94.5 Å². The van der Waals surface area contributed by atoms with Crippen LogP contribution in [-0.4, -0.2) is 59.3 Å². The molecule has 0 radical (unpaired) electrons. The summed E-state index contributed by atoms with van der Waals surface area (Å²) < 4.78 is 8.14. The van der Waals surface area contributed by atoms with Crippen LogP contribution in [0.1, 0.15) is 23.1 Å². The van der Waals surface area contributed by atoms with Gasteiger partial charge in [-0.3, -0.25) is 19.4 Å². The highest BCUT2D eigenvalue weighted by Crippen LogP contribution is 2.20. The zero-order valence-corrected chi connectivity index (χ0v) is 23.7. The largest absolute Gasteiger partial charge is 0.379 e. The Balaban J connectivity index is 1.62. The third kappa shape index (κ3) is 6.73. The highest BCUT2D eigenvalue weighted by molar-refractivity contribution is 5.94. The summed E-state index contributed by atoms with van der Waals surface area (Å²) in [5.41, 5.74) is 2.85. The van der Waals surface area contributed by atoms with Gasteiger partial charge in [-0.05, 0) is 61.2 Å². The molecule has 0 spiro atoms. The summed E-state index contributed by atoms with van der Waals surface area (Å²) >= 11 is 0. The lowest BCUT2D eigenvalue weighted by molar-refractivity contribution is -0.118. The Morgan fingerprint density at radius 1 is 0.805 bits per heavy atom. The first-order valence-electron chi connectivity index (χ1n) is 14.1. The summed E-state index contributed by atoms with van der Waals surface area (Å²) in [5.74, 6) is 0.101. The Morgan fingerprint density at radius 2 is 1.44 bits per heavy atom. The number of morpholine rings is 1. The van der Waals surface area contributed by atoms with Gasteiger partial charge in [-0.25, -0.2) is 13.9 Å². The number of rotatable bonds is 9. The Bertz CT molecular complexity index is 1620. The molecule has 8 heteroatoms. The summed E-state index contributed by atoms with van der Waals surface area (Å²) in [5, 5.41) is 0. The van der Waals surface area contributed by atoms with Gasteiger partial charge in [0.15, 0.2) is 0 Å². The van der Waals surface area contributed by atoms with Crippen LogP contribution in [0.5, 0.6) is 0 Å². The lowest BCUT2D eigenvalue weighted by Gasteiger charge is -2.29. The summed E-state index contributed by atoms with van der Waals surface area (Å²) in [6.45, 7) is 8.10. The molecule has 2 heterocycles. The van der Waals surface area contributed by atoms with E-state index in [1.165, 1.54) is 15.2 Å². The Hall–Kier alpha value is -4.27. The molecule has 0 N–H and O–H groups in total. The predicted octanol–water partition coefficient (Wildman–Crippen LogP) is 3.90. The van der Waals surface area contributed by atoms with Crippen LogP contribution in [0.4, 0.5) is 5.82 Å². The van der Waals surface area contributed by atoms with Gasteiger partial charge < -0.3 is 4.74 Å². The van der Waals surface area contributed by atoms with Gasteiger partial charge in [0.2, 0.25) is 5.91 Å². The van der Waals surface area contributed by atoms with E-state index in [1.807, 2.05) is 86.6 Å². The number of nitrogens with zero attached hydrogens (tertiary/aromatic N) is 4. The van der Waals surface area contributed by atoms with E-state index in [-0.39, 0.29) is 18.1 Å². The Labute approximate surface area is 240 Å². The molecule has 3 aromatic carbocycles. The van der Waals surface area contributed by atoms with Crippen molar-refractivity contribution in [1.82, 2.24) is 14.0 Å². The topological polar surface area (TPSA) is 76.8 Å². The number of amides is 1. The monoisotopic (exact) mass is 552 g/mol. The van der Waals surface area contributed by atoms with E-state index in [4.69, 9.17) is 4.74 Å². The fourth-order valence-corrected chi connectivity index (χ4v) is 5.26. The quantitative estimate of drug-likeness (QED) is 0.315. The number of benzene rings is 3. The van der Waals surface area contributed by atoms with Crippen LogP contribution in [0, 0.1) is 13.8 Å². The van der Waals surface area contributed by atoms with Crippen molar-refractivity contribution in [2.45, 2.75) is 26.7 Å². The van der Waals surface area contributed by atoms with Crippen molar-refractivity contribution in [3.63, 3.8) is 0 Å². The maximum Gasteiger partial charge on any atom is 0.341 e. The first kappa shape index (κ1) is 28.3. The molecule has 41 heavy (non-hydrogen) atoms. The van der Waals surface area contributed by atoms with Gasteiger partial charge in [0, 0.05) is 32.2 Å². The fraction of sp³-hybridized carbons (Fsp3) is 0.303.